The predicted octanol–water partition coefficient (Wildman–Crippen LogP) is 2.58. The minimum Gasteiger partial charge on any atom is -0.438 e. The number of nitrogens with zero attached hydrogens (tertiary/aromatic N) is 2. The molecule has 0 fully saturated rings. The molecule has 3 rings (SSSR count). The van der Waals surface area contributed by atoms with E-state index in [0.717, 1.165) is 10.8 Å². The summed E-state index contributed by atoms with van der Waals surface area (Å²) < 4.78 is 5.54. The van der Waals surface area contributed by atoms with Gasteiger partial charge in [0.2, 0.25) is 5.71 Å². The Morgan fingerprint density at radius 2 is 2.12 bits per heavy atom. The lowest BCUT2D eigenvalue weighted by Crippen LogP contribution is -1.96. The van der Waals surface area contributed by atoms with Crippen LogP contribution in [0, 0.1) is 0 Å². The maximum Gasteiger partial charge on any atom is 0.227 e. The molecule has 3 aromatic rings. The minimum absolute atomic E-state index is 0.0721. The van der Waals surface area contributed by atoms with E-state index < -0.39 is 0 Å². The maximum absolute atomic E-state index is 11.5. The van der Waals surface area contributed by atoms with Crippen LogP contribution in [0.25, 0.3) is 22.1 Å². The average molecular weight is 212 g/mol. The van der Waals surface area contributed by atoms with Crippen molar-refractivity contribution in [3.05, 3.63) is 36.3 Å². The SMILES string of the molecule is CC(=O)c1nccc2oc3ncccc3c12. The largest absolute Gasteiger partial charge is 0.438 e. The van der Waals surface area contributed by atoms with Gasteiger partial charge in [-0.2, -0.15) is 0 Å². The van der Waals surface area contributed by atoms with Crippen LogP contribution in [0.4, 0.5) is 0 Å². The summed E-state index contributed by atoms with van der Waals surface area (Å²) in [5, 5.41) is 1.58. The van der Waals surface area contributed by atoms with Crippen LogP contribution in [0.3, 0.4) is 0 Å². The molecule has 0 aliphatic rings. The molecule has 0 saturated carbocycles. The van der Waals surface area contributed by atoms with Crippen LogP contribution in [0.5, 0.6) is 0 Å². The molecule has 3 heterocycles. The zero-order valence-corrected chi connectivity index (χ0v) is 8.60. The van der Waals surface area contributed by atoms with E-state index in [2.05, 4.69) is 9.97 Å². The van der Waals surface area contributed by atoms with Crippen LogP contribution in [0.15, 0.2) is 35.0 Å². The molecule has 0 aromatic carbocycles. The molecule has 0 N–H and O–H groups in total. The Morgan fingerprint density at radius 3 is 2.94 bits per heavy atom. The van der Waals surface area contributed by atoms with Gasteiger partial charge < -0.3 is 4.42 Å². The highest BCUT2D eigenvalue weighted by molar-refractivity contribution is 6.14. The highest BCUT2D eigenvalue weighted by atomic mass is 16.3. The Morgan fingerprint density at radius 1 is 1.25 bits per heavy atom. The number of pyridine rings is 2. The van der Waals surface area contributed by atoms with Gasteiger partial charge in [-0.25, -0.2) is 4.98 Å². The summed E-state index contributed by atoms with van der Waals surface area (Å²) in [5.74, 6) is -0.0721. The quantitative estimate of drug-likeness (QED) is 0.582. The smallest absolute Gasteiger partial charge is 0.227 e. The van der Waals surface area contributed by atoms with E-state index in [1.807, 2.05) is 12.1 Å². The highest BCUT2D eigenvalue weighted by Crippen LogP contribution is 2.28. The summed E-state index contributed by atoms with van der Waals surface area (Å²) in [6.07, 6.45) is 3.23. The predicted molar refractivity (Wildman–Crippen MR) is 59.3 cm³/mol. The van der Waals surface area contributed by atoms with Crippen molar-refractivity contribution in [3.8, 4) is 0 Å². The summed E-state index contributed by atoms with van der Waals surface area (Å²) in [6, 6.07) is 5.43. The standard InChI is InChI=1S/C12H8N2O2/c1-7(15)11-10-8-3-2-5-14-12(8)16-9(10)4-6-13-11/h2-6H,1H3. The van der Waals surface area contributed by atoms with Gasteiger partial charge in [-0.05, 0) is 18.2 Å². The normalized spacial score (nSPS) is 11.1. The van der Waals surface area contributed by atoms with Gasteiger partial charge in [-0.1, -0.05) is 0 Å². The molecule has 0 aliphatic heterocycles. The number of ketones is 1. The van der Waals surface area contributed by atoms with Crippen molar-refractivity contribution >= 4 is 27.9 Å². The van der Waals surface area contributed by atoms with Crippen LogP contribution < -0.4 is 0 Å². The molecule has 0 amide bonds. The van der Waals surface area contributed by atoms with Gasteiger partial charge in [-0.3, -0.25) is 9.78 Å². The van der Waals surface area contributed by atoms with E-state index in [1.165, 1.54) is 6.92 Å². The summed E-state index contributed by atoms with van der Waals surface area (Å²) in [6.45, 7) is 1.50. The number of carbonyl (C=O) groups excluding carboxylic acids is 1. The zero-order chi connectivity index (χ0) is 11.1. The summed E-state index contributed by atoms with van der Waals surface area (Å²) in [7, 11) is 0. The second kappa shape index (κ2) is 3.13. The first-order valence-electron chi connectivity index (χ1n) is 4.90. The Kier molecular flexibility index (Phi) is 1.77. The van der Waals surface area contributed by atoms with Gasteiger partial charge in [0.25, 0.3) is 0 Å². The van der Waals surface area contributed by atoms with Crippen molar-refractivity contribution < 1.29 is 9.21 Å². The lowest BCUT2D eigenvalue weighted by Gasteiger charge is -1.95. The van der Waals surface area contributed by atoms with Gasteiger partial charge in [0.1, 0.15) is 11.3 Å². The Bertz CT molecular complexity index is 700. The molecular formula is C12H8N2O2. The van der Waals surface area contributed by atoms with Gasteiger partial charge in [0.15, 0.2) is 5.78 Å². The number of carbonyl (C=O) groups is 1. The third-order valence-corrected chi connectivity index (χ3v) is 2.49. The van der Waals surface area contributed by atoms with Crippen LogP contribution in [0.1, 0.15) is 17.4 Å². The third kappa shape index (κ3) is 1.13. The topological polar surface area (TPSA) is 56.0 Å². The first-order chi connectivity index (χ1) is 7.77. The van der Waals surface area contributed by atoms with Crippen molar-refractivity contribution in [2.75, 3.05) is 0 Å². The van der Waals surface area contributed by atoms with E-state index in [-0.39, 0.29) is 5.78 Å². The van der Waals surface area contributed by atoms with Crippen LogP contribution in [0.2, 0.25) is 0 Å². The van der Waals surface area contributed by atoms with Crippen LogP contribution >= 0.6 is 0 Å². The second-order valence-electron chi connectivity index (χ2n) is 3.55. The first kappa shape index (κ1) is 9.03. The van der Waals surface area contributed by atoms with Gasteiger partial charge >= 0.3 is 0 Å². The molecule has 4 nitrogen and oxygen atoms in total. The van der Waals surface area contributed by atoms with Gasteiger partial charge in [-0.15, -0.1) is 0 Å². The van der Waals surface area contributed by atoms with Crippen molar-refractivity contribution in [1.82, 2.24) is 9.97 Å². The number of furan rings is 1. The maximum atomic E-state index is 11.5. The molecule has 0 aliphatic carbocycles. The minimum atomic E-state index is -0.0721. The van der Waals surface area contributed by atoms with Crippen LogP contribution in [-0.4, -0.2) is 15.8 Å². The second-order valence-corrected chi connectivity index (χ2v) is 3.55. The summed E-state index contributed by atoms with van der Waals surface area (Å²) in [5.41, 5.74) is 1.62. The molecule has 0 spiro atoms. The van der Waals surface area contributed by atoms with E-state index in [4.69, 9.17) is 4.42 Å². The fourth-order valence-electron chi connectivity index (χ4n) is 1.82. The van der Waals surface area contributed by atoms with Crippen LogP contribution in [-0.2, 0) is 0 Å². The number of Topliss-reactive ketones (excluding diaryl/α,β-unsaturated/α-hetero) is 1. The molecule has 0 atom stereocenters. The third-order valence-electron chi connectivity index (χ3n) is 2.49. The van der Waals surface area contributed by atoms with Crippen molar-refractivity contribution in [2.24, 2.45) is 0 Å². The molecule has 4 heteroatoms. The Balaban J connectivity index is 2.57. The van der Waals surface area contributed by atoms with E-state index in [9.17, 15) is 4.79 Å². The molecular weight excluding hydrogens is 204 g/mol. The first-order valence-corrected chi connectivity index (χ1v) is 4.90. The van der Waals surface area contributed by atoms with E-state index in [1.54, 1.807) is 18.5 Å². The van der Waals surface area contributed by atoms with Gasteiger partial charge in [0, 0.05) is 19.3 Å². The molecule has 0 radical (unpaired) electrons. The molecule has 16 heavy (non-hydrogen) atoms. The van der Waals surface area contributed by atoms with Crippen molar-refractivity contribution in [3.63, 3.8) is 0 Å². The number of fused-ring (bicyclic) bond motifs is 3. The lowest BCUT2D eigenvalue weighted by molar-refractivity contribution is 0.101. The zero-order valence-electron chi connectivity index (χ0n) is 8.60. The number of hydrogen-bond donors (Lipinski definition) is 0. The Hall–Kier alpha value is -2.23. The van der Waals surface area contributed by atoms with Crippen molar-refractivity contribution in [2.45, 2.75) is 6.92 Å². The molecule has 0 unspecified atom stereocenters. The number of rotatable bonds is 1. The monoisotopic (exact) mass is 212 g/mol. The summed E-state index contributed by atoms with van der Waals surface area (Å²) in [4.78, 5) is 19.7. The summed E-state index contributed by atoms with van der Waals surface area (Å²) >= 11 is 0. The fourth-order valence-corrected chi connectivity index (χ4v) is 1.82. The highest BCUT2D eigenvalue weighted by Gasteiger charge is 2.14. The van der Waals surface area contributed by atoms with E-state index in [0.29, 0.717) is 17.0 Å². The van der Waals surface area contributed by atoms with Crippen molar-refractivity contribution in [1.29, 1.82) is 0 Å². The fraction of sp³-hybridized carbons (Fsp3) is 0.0833. The molecule has 0 saturated heterocycles. The number of aromatic nitrogens is 2. The Labute approximate surface area is 90.9 Å². The lowest BCUT2D eigenvalue weighted by atomic mass is 10.1. The average Bonchev–Trinajstić information content (AvgIpc) is 2.66. The molecule has 0 bridgehead atoms. The van der Waals surface area contributed by atoms with Gasteiger partial charge in [0.05, 0.1) is 10.8 Å². The molecule has 78 valence electrons. The number of hydrogen-bond acceptors (Lipinski definition) is 4. The van der Waals surface area contributed by atoms with E-state index >= 15 is 0 Å². The molecule has 3 aromatic heterocycles.